The minimum atomic E-state index is -0.676. The van der Waals surface area contributed by atoms with Gasteiger partial charge < -0.3 is 3.07 Å². The first kappa shape index (κ1) is 8.52. The van der Waals surface area contributed by atoms with Crippen molar-refractivity contribution in [2.24, 2.45) is 5.84 Å². The molecule has 4 nitrogen and oxygen atoms in total. The van der Waals surface area contributed by atoms with Crippen molar-refractivity contribution >= 4 is 29.1 Å². The summed E-state index contributed by atoms with van der Waals surface area (Å²) in [5.74, 6) is 7.45. The van der Waals surface area contributed by atoms with Crippen molar-refractivity contribution < 1.29 is 7.86 Å². The molecule has 0 fully saturated rings. The van der Waals surface area contributed by atoms with Crippen LogP contribution in [0.2, 0.25) is 0 Å². The summed E-state index contributed by atoms with van der Waals surface area (Å²) in [4.78, 5) is 10.4. The molecule has 0 saturated heterocycles. The zero-order valence-electron chi connectivity index (χ0n) is 4.72. The van der Waals surface area contributed by atoms with E-state index < -0.39 is 6.09 Å². The molecule has 0 bridgehead atoms. The van der Waals surface area contributed by atoms with Crippen molar-refractivity contribution in [3.8, 4) is 12.0 Å². The van der Waals surface area contributed by atoms with E-state index in [4.69, 9.17) is 5.84 Å². The second kappa shape index (κ2) is 4.40. The van der Waals surface area contributed by atoms with Crippen molar-refractivity contribution in [1.29, 1.82) is 0 Å². The van der Waals surface area contributed by atoms with Crippen LogP contribution in [-0.2, 0) is 3.07 Å². The van der Waals surface area contributed by atoms with Crippen molar-refractivity contribution in [3.05, 3.63) is 0 Å². The monoisotopic (exact) mass is 240 g/mol. The Balaban J connectivity index is 3.82. The molecule has 0 rings (SSSR count). The minimum absolute atomic E-state index is 0.673. The first-order valence-electron chi connectivity index (χ1n) is 2.02. The van der Waals surface area contributed by atoms with Gasteiger partial charge in [-0.25, -0.2) is 10.6 Å². The van der Waals surface area contributed by atoms with Gasteiger partial charge in [0.05, 0.1) is 0 Å². The molecule has 0 aliphatic heterocycles. The van der Waals surface area contributed by atoms with E-state index in [0.29, 0.717) is 5.01 Å². The first-order valence-corrected chi connectivity index (χ1v) is 2.90. The highest BCUT2D eigenvalue weighted by atomic mass is 127. The van der Waals surface area contributed by atoms with Gasteiger partial charge in [-0.1, -0.05) is 5.92 Å². The molecule has 0 aromatic heterocycles. The summed E-state index contributed by atoms with van der Waals surface area (Å²) < 4.78 is 4.19. The molecule has 1 amide bonds. The average Bonchev–Trinajstić information content (AvgIpc) is 1.87. The van der Waals surface area contributed by atoms with Gasteiger partial charge in [0.15, 0.2) is 23.0 Å². The topological polar surface area (TPSA) is 55.6 Å². The maximum absolute atomic E-state index is 10.4. The molecule has 9 heavy (non-hydrogen) atoms. The van der Waals surface area contributed by atoms with E-state index >= 15 is 0 Å². The molecule has 0 atom stereocenters. The summed E-state index contributed by atoms with van der Waals surface area (Å²) in [6.45, 7) is 1.57. The highest BCUT2D eigenvalue weighted by Gasteiger charge is 2.04. The molecule has 0 aromatic carbocycles. The van der Waals surface area contributed by atoms with Crippen molar-refractivity contribution in [2.45, 2.75) is 6.92 Å². The van der Waals surface area contributed by atoms with E-state index in [1.807, 2.05) is 0 Å². The van der Waals surface area contributed by atoms with Gasteiger partial charge in [0, 0.05) is 6.04 Å². The molecular weight excluding hydrogens is 235 g/mol. The van der Waals surface area contributed by atoms with E-state index in [2.05, 4.69) is 15.0 Å². The van der Waals surface area contributed by atoms with Crippen molar-refractivity contribution in [3.63, 3.8) is 0 Å². The Morgan fingerprint density at radius 1 is 1.89 bits per heavy atom. The van der Waals surface area contributed by atoms with Crippen LogP contribution in [0.3, 0.4) is 0 Å². The van der Waals surface area contributed by atoms with Crippen LogP contribution in [0, 0.1) is 12.0 Å². The number of hydrogen-bond acceptors (Lipinski definition) is 3. The van der Waals surface area contributed by atoms with E-state index in [1.165, 1.54) is 23.0 Å². The number of halogens is 1. The summed E-state index contributed by atoms with van der Waals surface area (Å²) in [5, 5.41) is 0.673. The van der Waals surface area contributed by atoms with Crippen LogP contribution in [0.25, 0.3) is 0 Å². The van der Waals surface area contributed by atoms with Crippen LogP contribution in [0.4, 0.5) is 4.79 Å². The number of amides is 1. The molecule has 0 aromatic rings. The highest BCUT2D eigenvalue weighted by molar-refractivity contribution is 14.1. The lowest BCUT2D eigenvalue weighted by Crippen LogP contribution is -2.31. The molecule has 50 valence electrons. The second-order valence-corrected chi connectivity index (χ2v) is 1.52. The Bertz CT molecular complexity index is 160. The zero-order chi connectivity index (χ0) is 7.28. The normalized spacial score (nSPS) is 7.00. The number of nitrogens with two attached hydrogens (primary N) is 1. The van der Waals surface area contributed by atoms with Crippen LogP contribution in [0.5, 0.6) is 0 Å². The van der Waals surface area contributed by atoms with E-state index in [9.17, 15) is 4.79 Å². The third-order valence-corrected chi connectivity index (χ3v) is 0.872. The number of hydrazine groups is 1. The maximum atomic E-state index is 10.4. The molecule has 2 N–H and O–H groups in total. The number of carbonyl (C=O) groups is 1. The summed E-state index contributed by atoms with van der Waals surface area (Å²) >= 11 is 1.43. The molecule has 0 unspecified atom stereocenters. The third-order valence-electron chi connectivity index (χ3n) is 0.495. The third kappa shape index (κ3) is 3.16. The summed E-state index contributed by atoms with van der Waals surface area (Å²) in [6.07, 6.45) is -0.676. The molecule has 5 heteroatoms. The lowest BCUT2D eigenvalue weighted by Gasteiger charge is -2.02. The highest BCUT2D eigenvalue weighted by Crippen LogP contribution is 1.90. The Kier molecular flexibility index (Phi) is 4.17. The Morgan fingerprint density at radius 2 is 2.44 bits per heavy atom. The molecular formula is C4H5IN2O2. The number of nitrogens with zero attached hydrogens (tertiary/aromatic N) is 1. The molecule has 0 aliphatic carbocycles. The zero-order valence-corrected chi connectivity index (χ0v) is 6.88. The number of rotatable bonds is 0. The van der Waals surface area contributed by atoms with Gasteiger partial charge in [0.2, 0.25) is 0 Å². The molecule has 0 aliphatic rings. The predicted molar refractivity (Wildman–Crippen MR) is 40.0 cm³/mol. The van der Waals surface area contributed by atoms with Gasteiger partial charge in [0.1, 0.15) is 0 Å². The first-order chi connectivity index (χ1) is 4.22. The standard InChI is InChI=1S/C4H5IN2O2/c1-2-3-7(6)4(8)9-5/h6H2,1H3. The molecule has 0 heterocycles. The predicted octanol–water partition coefficient (Wildman–Crippen LogP) is 0.630. The van der Waals surface area contributed by atoms with Crippen LogP contribution in [0.1, 0.15) is 6.92 Å². The number of hydrogen-bond donors (Lipinski definition) is 1. The fourth-order valence-electron chi connectivity index (χ4n) is 0.203. The Morgan fingerprint density at radius 3 is 2.78 bits per heavy atom. The summed E-state index contributed by atoms with van der Waals surface area (Å²) in [6, 6.07) is 2.28. The number of carbonyl (C=O) groups excluding carboxylic acids is 1. The largest absolute Gasteiger partial charge is 0.445 e. The van der Waals surface area contributed by atoms with Crippen molar-refractivity contribution in [2.75, 3.05) is 0 Å². The van der Waals surface area contributed by atoms with Crippen molar-refractivity contribution in [1.82, 2.24) is 5.01 Å². The lowest BCUT2D eigenvalue weighted by molar-refractivity contribution is 0.189. The summed E-state index contributed by atoms with van der Waals surface area (Å²) in [5.41, 5.74) is 0. The van der Waals surface area contributed by atoms with Gasteiger partial charge in [-0.15, -0.1) is 0 Å². The summed E-state index contributed by atoms with van der Waals surface area (Å²) in [7, 11) is 0. The van der Waals surface area contributed by atoms with Gasteiger partial charge in [-0.2, -0.15) is 5.01 Å². The second-order valence-electron chi connectivity index (χ2n) is 1.07. The smallest absolute Gasteiger partial charge is 0.377 e. The Hall–Kier alpha value is -0.480. The van der Waals surface area contributed by atoms with Crippen LogP contribution in [0.15, 0.2) is 0 Å². The fourth-order valence-corrected chi connectivity index (χ4v) is 0.415. The Labute approximate surface area is 67.0 Å². The fraction of sp³-hybridized carbons (Fsp3) is 0.250. The molecule has 0 radical (unpaired) electrons. The van der Waals surface area contributed by atoms with Gasteiger partial charge in [0.25, 0.3) is 0 Å². The minimum Gasteiger partial charge on any atom is -0.377 e. The van der Waals surface area contributed by atoms with E-state index in [0.717, 1.165) is 0 Å². The van der Waals surface area contributed by atoms with Gasteiger partial charge in [-0.05, 0) is 6.92 Å². The van der Waals surface area contributed by atoms with E-state index in [-0.39, 0.29) is 0 Å². The molecule has 0 spiro atoms. The van der Waals surface area contributed by atoms with Crippen LogP contribution >= 0.6 is 23.0 Å². The molecule has 0 saturated carbocycles. The maximum Gasteiger partial charge on any atom is 0.445 e. The van der Waals surface area contributed by atoms with Crippen LogP contribution < -0.4 is 5.84 Å². The lowest BCUT2D eigenvalue weighted by atomic mass is 10.8. The van der Waals surface area contributed by atoms with Crippen LogP contribution in [-0.4, -0.2) is 11.1 Å². The van der Waals surface area contributed by atoms with Gasteiger partial charge in [-0.3, -0.25) is 0 Å². The van der Waals surface area contributed by atoms with Gasteiger partial charge >= 0.3 is 6.09 Å². The SMILES string of the molecule is CC#CN(N)C(=O)OI. The average molecular weight is 240 g/mol. The van der Waals surface area contributed by atoms with E-state index in [1.54, 1.807) is 6.92 Å². The quantitative estimate of drug-likeness (QED) is 0.169.